The Morgan fingerprint density at radius 2 is 2.05 bits per heavy atom. The number of carboxylic acid groups (broad SMARTS) is 1. The van der Waals surface area contributed by atoms with E-state index in [2.05, 4.69) is 20.8 Å². The first-order valence-electron chi connectivity index (χ1n) is 7.21. The molecule has 7 heteroatoms. The summed E-state index contributed by atoms with van der Waals surface area (Å²) in [6.07, 6.45) is 0.0676. The topological polar surface area (TPSA) is 70.1 Å². The quantitative estimate of drug-likeness (QED) is 0.879. The summed E-state index contributed by atoms with van der Waals surface area (Å²) in [5.74, 6) is -1.68. The minimum atomic E-state index is -0.917. The summed E-state index contributed by atoms with van der Waals surface area (Å²) >= 11 is 3.56. The summed E-state index contributed by atoms with van der Waals surface area (Å²) in [5.41, 5.74) is 1.80. The zero-order valence-electron chi connectivity index (χ0n) is 12.0. The highest BCUT2D eigenvalue weighted by molar-refractivity contribution is 9.10. The van der Waals surface area contributed by atoms with E-state index in [1.165, 1.54) is 0 Å². The number of morpholine rings is 1. The third kappa shape index (κ3) is 2.96. The van der Waals surface area contributed by atoms with Gasteiger partial charge in [-0.25, -0.2) is 0 Å². The van der Waals surface area contributed by atoms with Crippen LogP contribution in [0.3, 0.4) is 0 Å². The lowest BCUT2D eigenvalue weighted by atomic mass is 10.1. The SMILES string of the molecule is O=C(O)[C@@H]1CC(=O)N(c2ccc(N3CCOCC3)c(Br)c2)C1. The molecule has 1 aromatic rings. The Morgan fingerprint density at radius 1 is 1.32 bits per heavy atom. The third-order valence-corrected chi connectivity index (χ3v) is 4.70. The van der Waals surface area contributed by atoms with E-state index < -0.39 is 11.9 Å². The van der Waals surface area contributed by atoms with Crippen molar-refractivity contribution in [2.45, 2.75) is 6.42 Å². The molecule has 0 aliphatic carbocycles. The number of aliphatic carboxylic acids is 1. The summed E-state index contributed by atoms with van der Waals surface area (Å²) < 4.78 is 6.25. The standard InChI is InChI=1S/C15H17BrN2O4/c16-12-8-11(18-9-10(15(20)21)7-14(18)19)1-2-13(12)17-3-5-22-6-4-17/h1-2,8,10H,3-7,9H2,(H,20,21)/t10-/m1/s1. The number of hydrogen-bond donors (Lipinski definition) is 1. The van der Waals surface area contributed by atoms with E-state index >= 15 is 0 Å². The number of carbonyl (C=O) groups is 2. The van der Waals surface area contributed by atoms with E-state index in [4.69, 9.17) is 9.84 Å². The van der Waals surface area contributed by atoms with Crippen LogP contribution in [0.25, 0.3) is 0 Å². The van der Waals surface area contributed by atoms with Gasteiger partial charge >= 0.3 is 5.97 Å². The lowest BCUT2D eigenvalue weighted by Crippen LogP contribution is -2.36. The van der Waals surface area contributed by atoms with Crippen LogP contribution in [0.2, 0.25) is 0 Å². The summed E-state index contributed by atoms with van der Waals surface area (Å²) in [7, 11) is 0. The molecule has 0 bridgehead atoms. The van der Waals surface area contributed by atoms with Crippen molar-refractivity contribution < 1.29 is 19.4 Å². The van der Waals surface area contributed by atoms with Crippen molar-refractivity contribution in [2.75, 3.05) is 42.6 Å². The van der Waals surface area contributed by atoms with Crippen LogP contribution in [-0.4, -0.2) is 49.8 Å². The minimum absolute atomic E-state index is 0.0676. The monoisotopic (exact) mass is 368 g/mol. The number of nitrogens with zero attached hydrogens (tertiary/aromatic N) is 2. The second kappa shape index (κ2) is 6.26. The van der Waals surface area contributed by atoms with Crippen molar-refractivity contribution >= 4 is 39.2 Å². The number of rotatable bonds is 3. The number of ether oxygens (including phenoxy) is 1. The molecule has 2 fully saturated rings. The normalized spacial score (nSPS) is 22.2. The fraction of sp³-hybridized carbons (Fsp3) is 0.467. The minimum Gasteiger partial charge on any atom is -0.481 e. The maximum Gasteiger partial charge on any atom is 0.308 e. The van der Waals surface area contributed by atoms with E-state index in [1.807, 2.05) is 18.2 Å². The van der Waals surface area contributed by atoms with Crippen molar-refractivity contribution in [2.24, 2.45) is 5.92 Å². The predicted octanol–water partition coefficient (Wildman–Crippen LogP) is 1.72. The van der Waals surface area contributed by atoms with Crippen LogP contribution in [-0.2, 0) is 14.3 Å². The molecule has 118 valence electrons. The largest absolute Gasteiger partial charge is 0.481 e. The number of anilines is 2. The van der Waals surface area contributed by atoms with Gasteiger partial charge in [0.2, 0.25) is 5.91 Å². The first-order chi connectivity index (χ1) is 10.6. The number of benzene rings is 1. The maximum atomic E-state index is 12.0. The third-order valence-electron chi connectivity index (χ3n) is 4.07. The number of halogens is 1. The van der Waals surface area contributed by atoms with E-state index in [-0.39, 0.29) is 18.9 Å². The van der Waals surface area contributed by atoms with Crippen molar-refractivity contribution in [3.05, 3.63) is 22.7 Å². The lowest BCUT2D eigenvalue weighted by molar-refractivity contribution is -0.141. The average Bonchev–Trinajstić information content (AvgIpc) is 2.90. The number of carboxylic acids is 1. The molecule has 1 atom stereocenters. The molecule has 0 unspecified atom stereocenters. The highest BCUT2D eigenvalue weighted by atomic mass is 79.9. The molecule has 2 aliphatic heterocycles. The van der Waals surface area contributed by atoms with E-state index in [9.17, 15) is 9.59 Å². The summed E-state index contributed by atoms with van der Waals surface area (Å²) in [4.78, 5) is 26.8. The summed E-state index contributed by atoms with van der Waals surface area (Å²) in [6, 6.07) is 5.72. The van der Waals surface area contributed by atoms with Gasteiger partial charge in [0.05, 0.1) is 24.8 Å². The van der Waals surface area contributed by atoms with Crippen molar-refractivity contribution in [3.8, 4) is 0 Å². The Bertz CT molecular complexity index is 601. The van der Waals surface area contributed by atoms with Crippen LogP contribution in [0.15, 0.2) is 22.7 Å². The van der Waals surface area contributed by atoms with Gasteiger partial charge in [0.15, 0.2) is 0 Å². The molecule has 0 saturated carbocycles. The van der Waals surface area contributed by atoms with Crippen LogP contribution in [0, 0.1) is 5.92 Å². The van der Waals surface area contributed by atoms with Gasteiger partial charge in [-0.2, -0.15) is 0 Å². The van der Waals surface area contributed by atoms with Gasteiger partial charge in [-0.3, -0.25) is 9.59 Å². The first-order valence-corrected chi connectivity index (χ1v) is 8.01. The number of amides is 1. The molecule has 2 aliphatic rings. The molecule has 0 spiro atoms. The molecule has 0 radical (unpaired) electrons. The molecule has 6 nitrogen and oxygen atoms in total. The van der Waals surface area contributed by atoms with Gasteiger partial charge in [-0.15, -0.1) is 0 Å². The number of carbonyl (C=O) groups excluding carboxylic acids is 1. The molecular weight excluding hydrogens is 352 g/mol. The van der Waals surface area contributed by atoms with Crippen molar-refractivity contribution in [1.82, 2.24) is 0 Å². The molecule has 1 aromatic carbocycles. The van der Waals surface area contributed by atoms with Crippen LogP contribution in [0.5, 0.6) is 0 Å². The second-order valence-corrected chi connectivity index (χ2v) is 6.33. The smallest absolute Gasteiger partial charge is 0.308 e. The molecule has 2 saturated heterocycles. The summed E-state index contributed by atoms with van der Waals surface area (Å²) in [6.45, 7) is 3.32. The average molecular weight is 369 g/mol. The molecule has 3 rings (SSSR count). The van der Waals surface area contributed by atoms with Gasteiger partial charge in [0.25, 0.3) is 0 Å². The predicted molar refractivity (Wildman–Crippen MR) is 85.3 cm³/mol. The van der Waals surface area contributed by atoms with E-state index in [1.54, 1.807) is 4.90 Å². The van der Waals surface area contributed by atoms with Gasteiger partial charge in [0.1, 0.15) is 0 Å². The maximum absolute atomic E-state index is 12.0. The van der Waals surface area contributed by atoms with Crippen molar-refractivity contribution in [1.29, 1.82) is 0 Å². The fourth-order valence-corrected chi connectivity index (χ4v) is 3.46. The lowest BCUT2D eigenvalue weighted by Gasteiger charge is -2.30. The van der Waals surface area contributed by atoms with Gasteiger partial charge in [-0.05, 0) is 34.1 Å². The second-order valence-electron chi connectivity index (χ2n) is 5.48. The zero-order valence-corrected chi connectivity index (χ0v) is 13.6. The molecule has 22 heavy (non-hydrogen) atoms. The van der Waals surface area contributed by atoms with E-state index in [0.29, 0.717) is 13.2 Å². The Balaban J connectivity index is 1.80. The van der Waals surface area contributed by atoms with Gasteiger partial charge in [-0.1, -0.05) is 0 Å². The highest BCUT2D eigenvalue weighted by Gasteiger charge is 2.35. The fourth-order valence-electron chi connectivity index (χ4n) is 2.85. The molecule has 2 heterocycles. The van der Waals surface area contributed by atoms with Gasteiger partial charge < -0.3 is 19.6 Å². The summed E-state index contributed by atoms with van der Waals surface area (Å²) in [5, 5.41) is 9.06. The Kier molecular flexibility index (Phi) is 4.35. The van der Waals surface area contributed by atoms with Crippen LogP contribution in [0.1, 0.15) is 6.42 Å². The van der Waals surface area contributed by atoms with Crippen LogP contribution < -0.4 is 9.80 Å². The Hall–Kier alpha value is -1.60. The van der Waals surface area contributed by atoms with Crippen LogP contribution >= 0.6 is 15.9 Å². The zero-order chi connectivity index (χ0) is 15.7. The molecule has 1 amide bonds. The Labute approximate surface area is 136 Å². The Morgan fingerprint density at radius 3 is 2.64 bits per heavy atom. The highest BCUT2D eigenvalue weighted by Crippen LogP contribution is 2.33. The molecule has 1 N–H and O–H groups in total. The van der Waals surface area contributed by atoms with Crippen molar-refractivity contribution in [3.63, 3.8) is 0 Å². The first kappa shape index (κ1) is 15.3. The van der Waals surface area contributed by atoms with E-state index in [0.717, 1.165) is 28.9 Å². The molecular formula is C15H17BrN2O4. The van der Waals surface area contributed by atoms with Crippen LogP contribution in [0.4, 0.5) is 11.4 Å². The van der Waals surface area contributed by atoms with Gasteiger partial charge in [0, 0.05) is 36.2 Å². The molecule has 0 aromatic heterocycles. The number of hydrogen-bond acceptors (Lipinski definition) is 4.